The average molecular weight is 209 g/mol. The lowest BCUT2D eigenvalue weighted by molar-refractivity contribution is 0.417. The molecule has 0 radical (unpaired) electrons. The Morgan fingerprint density at radius 2 is 2.43 bits per heavy atom. The van der Waals surface area contributed by atoms with Gasteiger partial charge < -0.3 is 5.73 Å². The zero-order valence-corrected chi connectivity index (χ0v) is 9.70. The smallest absolute Gasteiger partial charge is 0.0862 e. The van der Waals surface area contributed by atoms with E-state index in [0.717, 1.165) is 10.9 Å². The molecule has 0 fully saturated rings. The number of aryl methyl sites for hydroxylation is 1. The Hall–Kier alpha value is -0.500. The van der Waals surface area contributed by atoms with Crippen molar-refractivity contribution >= 4 is 16.3 Å². The van der Waals surface area contributed by atoms with E-state index >= 15 is 0 Å². The summed E-state index contributed by atoms with van der Waals surface area (Å²) in [5, 5.41) is 1.01. The number of hydrogen-bond acceptors (Lipinski definition) is 2. The molecular formula is C12H19NS. The molecule has 1 nitrogen and oxygen atoms in total. The molecular weight excluding hydrogens is 190 g/mol. The van der Waals surface area contributed by atoms with Gasteiger partial charge in [0.2, 0.25) is 0 Å². The van der Waals surface area contributed by atoms with E-state index < -0.39 is 0 Å². The van der Waals surface area contributed by atoms with E-state index in [1.165, 1.54) is 44.1 Å². The fourth-order valence-corrected chi connectivity index (χ4v) is 3.43. The summed E-state index contributed by atoms with van der Waals surface area (Å²) < 4.78 is 0. The molecule has 2 N–H and O–H groups in total. The number of nitrogen functional groups attached to an aromatic ring is 1. The van der Waals surface area contributed by atoms with Gasteiger partial charge in [-0.05, 0) is 36.8 Å². The van der Waals surface area contributed by atoms with Crippen LogP contribution in [0.4, 0.5) is 5.00 Å². The molecule has 0 aliphatic heterocycles. The van der Waals surface area contributed by atoms with Crippen LogP contribution in [0.1, 0.15) is 43.0 Å². The first-order chi connectivity index (χ1) is 6.79. The summed E-state index contributed by atoms with van der Waals surface area (Å²) in [7, 11) is 0. The Labute approximate surface area is 90.3 Å². The molecule has 0 spiro atoms. The molecule has 0 saturated carbocycles. The van der Waals surface area contributed by atoms with Gasteiger partial charge in [-0.3, -0.25) is 0 Å². The minimum absolute atomic E-state index is 0.931. The van der Waals surface area contributed by atoms with E-state index in [9.17, 15) is 0 Å². The minimum atomic E-state index is 0.931. The van der Waals surface area contributed by atoms with Crippen LogP contribution < -0.4 is 5.73 Å². The number of fused-ring (bicyclic) bond motifs is 1. The van der Waals surface area contributed by atoms with Gasteiger partial charge in [-0.15, -0.1) is 11.3 Å². The Kier molecular flexibility index (Phi) is 3.12. The summed E-state index contributed by atoms with van der Waals surface area (Å²) in [6.45, 7) is 2.28. The SMILES string of the molecule is CCCC[C@H]1CCc2cc(N)sc2C1. The van der Waals surface area contributed by atoms with Gasteiger partial charge in [0.15, 0.2) is 0 Å². The molecule has 2 rings (SSSR count). The molecule has 0 unspecified atom stereocenters. The highest BCUT2D eigenvalue weighted by Crippen LogP contribution is 2.35. The lowest BCUT2D eigenvalue weighted by atomic mass is 9.86. The average Bonchev–Trinajstić information content (AvgIpc) is 2.54. The molecule has 1 aromatic rings. The molecule has 1 aromatic heterocycles. The van der Waals surface area contributed by atoms with E-state index in [0.29, 0.717) is 0 Å². The van der Waals surface area contributed by atoms with Crippen LogP contribution in [0.5, 0.6) is 0 Å². The van der Waals surface area contributed by atoms with Crippen LogP contribution in [0.2, 0.25) is 0 Å². The van der Waals surface area contributed by atoms with Crippen LogP contribution in [-0.2, 0) is 12.8 Å². The summed E-state index contributed by atoms with van der Waals surface area (Å²) in [6.07, 6.45) is 8.06. The van der Waals surface area contributed by atoms with Crippen LogP contribution >= 0.6 is 11.3 Å². The quantitative estimate of drug-likeness (QED) is 0.808. The van der Waals surface area contributed by atoms with Crippen LogP contribution in [-0.4, -0.2) is 0 Å². The third-order valence-electron chi connectivity index (χ3n) is 3.18. The van der Waals surface area contributed by atoms with Crippen molar-refractivity contribution < 1.29 is 0 Å². The molecule has 1 aliphatic carbocycles. The number of rotatable bonds is 3. The van der Waals surface area contributed by atoms with Gasteiger partial charge in [-0.2, -0.15) is 0 Å². The van der Waals surface area contributed by atoms with Crippen molar-refractivity contribution in [3.63, 3.8) is 0 Å². The summed E-state index contributed by atoms with van der Waals surface area (Å²) in [5.41, 5.74) is 7.35. The van der Waals surface area contributed by atoms with Crippen molar-refractivity contribution in [1.82, 2.24) is 0 Å². The van der Waals surface area contributed by atoms with Gasteiger partial charge in [-0.25, -0.2) is 0 Å². The van der Waals surface area contributed by atoms with Crippen LogP contribution in [0, 0.1) is 5.92 Å². The maximum Gasteiger partial charge on any atom is 0.0862 e. The molecule has 2 heteroatoms. The van der Waals surface area contributed by atoms with Crippen LogP contribution in [0.15, 0.2) is 6.07 Å². The van der Waals surface area contributed by atoms with E-state index in [-0.39, 0.29) is 0 Å². The predicted molar refractivity (Wildman–Crippen MR) is 63.8 cm³/mol. The first-order valence-electron chi connectivity index (χ1n) is 5.66. The van der Waals surface area contributed by atoms with E-state index in [2.05, 4.69) is 13.0 Å². The fourth-order valence-electron chi connectivity index (χ4n) is 2.34. The van der Waals surface area contributed by atoms with Gasteiger partial charge in [-0.1, -0.05) is 26.2 Å². The summed E-state index contributed by atoms with van der Waals surface area (Å²) >= 11 is 1.81. The largest absolute Gasteiger partial charge is 0.391 e. The molecule has 0 bridgehead atoms. The summed E-state index contributed by atoms with van der Waals surface area (Å²) in [4.78, 5) is 1.56. The zero-order valence-electron chi connectivity index (χ0n) is 8.88. The molecule has 0 amide bonds. The third-order valence-corrected chi connectivity index (χ3v) is 4.21. The maximum absolute atomic E-state index is 5.82. The summed E-state index contributed by atoms with van der Waals surface area (Å²) in [5.74, 6) is 0.931. The highest BCUT2D eigenvalue weighted by molar-refractivity contribution is 7.16. The monoisotopic (exact) mass is 209 g/mol. The van der Waals surface area contributed by atoms with Gasteiger partial charge >= 0.3 is 0 Å². The predicted octanol–water partition coefficient (Wildman–Crippen LogP) is 3.63. The second-order valence-electron chi connectivity index (χ2n) is 4.35. The van der Waals surface area contributed by atoms with Gasteiger partial charge in [0.1, 0.15) is 0 Å². The van der Waals surface area contributed by atoms with Crippen molar-refractivity contribution in [2.24, 2.45) is 5.92 Å². The number of hydrogen-bond donors (Lipinski definition) is 1. The molecule has 0 saturated heterocycles. The number of nitrogens with two attached hydrogens (primary N) is 1. The highest BCUT2D eigenvalue weighted by Gasteiger charge is 2.19. The van der Waals surface area contributed by atoms with Crippen LogP contribution in [0.3, 0.4) is 0 Å². The van der Waals surface area contributed by atoms with Gasteiger partial charge in [0.05, 0.1) is 5.00 Å². The fraction of sp³-hybridized carbons (Fsp3) is 0.667. The Balaban J connectivity index is 1.98. The standard InChI is InChI=1S/C12H19NS/c1-2-3-4-9-5-6-10-8-12(13)14-11(10)7-9/h8-9H,2-7,13H2,1H3/t9-/m0/s1. The molecule has 1 atom stereocenters. The van der Waals surface area contributed by atoms with Crippen molar-refractivity contribution in [2.45, 2.75) is 45.4 Å². The molecule has 1 heterocycles. The van der Waals surface area contributed by atoms with Crippen molar-refractivity contribution in [1.29, 1.82) is 0 Å². The normalized spacial score (nSPS) is 20.8. The Bertz CT molecular complexity index is 303. The Morgan fingerprint density at radius 1 is 1.57 bits per heavy atom. The van der Waals surface area contributed by atoms with Crippen molar-refractivity contribution in [2.75, 3.05) is 5.73 Å². The number of thiophene rings is 1. The second-order valence-corrected chi connectivity index (χ2v) is 5.52. The molecule has 1 aliphatic rings. The molecule has 0 aromatic carbocycles. The molecule has 14 heavy (non-hydrogen) atoms. The number of anilines is 1. The summed E-state index contributed by atoms with van der Waals surface area (Å²) in [6, 6.07) is 2.18. The Morgan fingerprint density at radius 3 is 3.21 bits per heavy atom. The first kappa shape index (κ1) is 10.0. The second kappa shape index (κ2) is 4.35. The molecule has 78 valence electrons. The van der Waals surface area contributed by atoms with E-state index in [4.69, 9.17) is 5.73 Å². The maximum atomic E-state index is 5.82. The van der Waals surface area contributed by atoms with Gasteiger partial charge in [0, 0.05) is 4.88 Å². The minimum Gasteiger partial charge on any atom is -0.391 e. The first-order valence-corrected chi connectivity index (χ1v) is 6.48. The van der Waals surface area contributed by atoms with Crippen LogP contribution in [0.25, 0.3) is 0 Å². The highest BCUT2D eigenvalue weighted by atomic mass is 32.1. The third kappa shape index (κ3) is 2.11. The van der Waals surface area contributed by atoms with E-state index in [1.807, 2.05) is 0 Å². The number of unbranched alkanes of at least 4 members (excludes halogenated alkanes) is 1. The lowest BCUT2D eigenvalue weighted by Crippen LogP contribution is -2.11. The lowest BCUT2D eigenvalue weighted by Gasteiger charge is -2.21. The van der Waals surface area contributed by atoms with Crippen molar-refractivity contribution in [3.05, 3.63) is 16.5 Å². The van der Waals surface area contributed by atoms with E-state index in [1.54, 1.807) is 16.2 Å². The topological polar surface area (TPSA) is 26.0 Å². The van der Waals surface area contributed by atoms with Crippen molar-refractivity contribution in [3.8, 4) is 0 Å². The zero-order chi connectivity index (χ0) is 9.97. The van der Waals surface area contributed by atoms with Gasteiger partial charge in [0.25, 0.3) is 0 Å².